The van der Waals surface area contributed by atoms with Crippen LogP contribution in [-0.2, 0) is 0 Å². The maximum atomic E-state index is 12.9. The molecule has 1 amide bonds. The molecule has 2 aromatic heterocycles. The maximum absolute atomic E-state index is 12.9. The lowest BCUT2D eigenvalue weighted by molar-refractivity contribution is 0.102. The second-order valence-electron chi connectivity index (χ2n) is 7.38. The van der Waals surface area contributed by atoms with E-state index in [2.05, 4.69) is 20.3 Å². The minimum atomic E-state index is -0.243. The zero-order valence-electron chi connectivity index (χ0n) is 16.4. The van der Waals surface area contributed by atoms with E-state index in [4.69, 9.17) is 5.73 Å². The zero-order valence-corrected chi connectivity index (χ0v) is 17.2. The predicted octanol–water partition coefficient (Wildman–Crippen LogP) is 4.01. The number of benzene rings is 2. The van der Waals surface area contributed by atoms with Gasteiger partial charge in [0.25, 0.3) is 5.91 Å². The first-order valence-corrected chi connectivity index (χ1v) is 10.9. The number of piperidine rings is 1. The highest BCUT2D eigenvalue weighted by atomic mass is 32.1. The number of nitrogens with one attached hydrogen (secondary N) is 1. The van der Waals surface area contributed by atoms with Crippen molar-refractivity contribution in [3.63, 3.8) is 0 Å². The number of rotatable bonds is 4. The summed E-state index contributed by atoms with van der Waals surface area (Å²) < 4.78 is 1.72. The minimum Gasteiger partial charge on any atom is -0.355 e. The van der Waals surface area contributed by atoms with Crippen LogP contribution in [0.2, 0.25) is 0 Å². The molecular weight excluding hydrogens is 396 g/mol. The third-order valence-electron chi connectivity index (χ3n) is 5.35. The molecule has 0 radical (unpaired) electrons. The van der Waals surface area contributed by atoms with Gasteiger partial charge in [0.05, 0.1) is 23.1 Å². The predicted molar refractivity (Wildman–Crippen MR) is 120 cm³/mol. The van der Waals surface area contributed by atoms with Crippen molar-refractivity contribution >= 4 is 39.5 Å². The second kappa shape index (κ2) is 7.89. The summed E-state index contributed by atoms with van der Waals surface area (Å²) in [5, 5.41) is 11.0. The Bertz CT molecular complexity index is 1170. The minimum absolute atomic E-state index is 0.0309. The first kappa shape index (κ1) is 18.8. The summed E-state index contributed by atoms with van der Waals surface area (Å²) >= 11 is 1.39. The topological polar surface area (TPSA) is 89.1 Å². The quantitative estimate of drug-likeness (QED) is 0.523. The summed E-state index contributed by atoms with van der Waals surface area (Å²) in [7, 11) is 0. The van der Waals surface area contributed by atoms with Crippen molar-refractivity contribution in [3.8, 4) is 5.13 Å². The number of hydrogen-bond acceptors (Lipinski definition) is 6. The molecule has 1 aliphatic rings. The molecule has 0 saturated carbocycles. The van der Waals surface area contributed by atoms with Crippen LogP contribution in [0.3, 0.4) is 0 Å². The van der Waals surface area contributed by atoms with Crippen molar-refractivity contribution in [2.45, 2.75) is 25.4 Å². The fraction of sp³-hybridized carbons (Fsp3) is 0.227. The molecule has 1 saturated heterocycles. The number of amides is 1. The van der Waals surface area contributed by atoms with E-state index in [9.17, 15) is 4.79 Å². The van der Waals surface area contributed by atoms with Gasteiger partial charge in [-0.2, -0.15) is 5.10 Å². The van der Waals surface area contributed by atoms with Gasteiger partial charge in [0.1, 0.15) is 5.69 Å². The van der Waals surface area contributed by atoms with Gasteiger partial charge in [-0.15, -0.1) is 11.3 Å². The van der Waals surface area contributed by atoms with Crippen LogP contribution in [0.25, 0.3) is 16.0 Å². The largest absolute Gasteiger partial charge is 0.355 e. The van der Waals surface area contributed by atoms with Crippen LogP contribution in [0, 0.1) is 0 Å². The highest BCUT2D eigenvalue weighted by Gasteiger charge is 2.22. The molecule has 7 nitrogen and oxygen atoms in total. The molecule has 0 unspecified atom stereocenters. The third kappa shape index (κ3) is 3.55. The van der Waals surface area contributed by atoms with Crippen LogP contribution in [-0.4, -0.2) is 33.4 Å². The summed E-state index contributed by atoms with van der Waals surface area (Å²) in [5.41, 5.74) is 9.28. The van der Waals surface area contributed by atoms with E-state index in [1.165, 1.54) is 11.3 Å². The number of anilines is 2. The summed E-state index contributed by atoms with van der Waals surface area (Å²) in [6, 6.07) is 15.7. The van der Waals surface area contributed by atoms with E-state index in [0.717, 1.165) is 48.1 Å². The van der Waals surface area contributed by atoms with Crippen LogP contribution in [0.1, 0.15) is 29.8 Å². The fourth-order valence-electron chi connectivity index (χ4n) is 3.81. The van der Waals surface area contributed by atoms with Gasteiger partial charge in [0, 0.05) is 23.5 Å². The van der Waals surface area contributed by atoms with E-state index in [0.29, 0.717) is 10.8 Å². The Morgan fingerprint density at radius 1 is 1.13 bits per heavy atom. The van der Waals surface area contributed by atoms with Crippen molar-refractivity contribution < 1.29 is 4.79 Å². The number of aromatic nitrogens is 3. The highest BCUT2D eigenvalue weighted by Crippen LogP contribution is 2.30. The normalized spacial score (nSPS) is 16.7. The first-order valence-electron chi connectivity index (χ1n) is 10.0. The molecule has 4 aromatic rings. The summed E-state index contributed by atoms with van der Waals surface area (Å²) in [6.45, 7) is 0.891. The molecule has 0 spiro atoms. The van der Waals surface area contributed by atoms with Gasteiger partial charge >= 0.3 is 0 Å². The zero-order chi connectivity index (χ0) is 20.5. The van der Waals surface area contributed by atoms with Gasteiger partial charge in [-0.25, -0.2) is 9.67 Å². The monoisotopic (exact) mass is 418 g/mol. The summed E-state index contributed by atoms with van der Waals surface area (Å²) in [4.78, 5) is 19.6. The Kier molecular flexibility index (Phi) is 4.94. The molecule has 0 aliphatic carbocycles. The van der Waals surface area contributed by atoms with E-state index in [1.807, 2.05) is 54.7 Å². The fourth-order valence-corrected chi connectivity index (χ4v) is 4.54. The average Bonchev–Trinajstić information content (AvgIpc) is 3.42. The number of hydrogen-bond donors (Lipinski definition) is 2. The number of fused-ring (bicyclic) bond motifs is 1. The highest BCUT2D eigenvalue weighted by molar-refractivity contribution is 7.12. The van der Waals surface area contributed by atoms with Crippen molar-refractivity contribution in [1.82, 2.24) is 14.8 Å². The molecule has 5 rings (SSSR count). The van der Waals surface area contributed by atoms with Crippen LogP contribution in [0.4, 0.5) is 11.4 Å². The molecular formula is C22H22N6OS. The van der Waals surface area contributed by atoms with E-state index >= 15 is 0 Å². The number of nitrogens with two attached hydrogens (primary N) is 1. The molecule has 1 fully saturated rings. The second-order valence-corrected chi connectivity index (χ2v) is 8.21. The van der Waals surface area contributed by atoms with Gasteiger partial charge in [0.15, 0.2) is 0 Å². The Hall–Kier alpha value is -3.23. The van der Waals surface area contributed by atoms with Gasteiger partial charge in [-0.05, 0) is 37.5 Å². The number of nitrogens with zero attached hydrogens (tertiary/aromatic N) is 4. The number of carbonyl (C=O) groups excluding carboxylic acids is 1. The Morgan fingerprint density at radius 3 is 2.83 bits per heavy atom. The molecule has 8 heteroatoms. The van der Waals surface area contributed by atoms with Crippen LogP contribution in [0.5, 0.6) is 0 Å². The molecule has 3 heterocycles. The SMILES string of the molecule is N[C@H]1CCCCN1c1ccccc1NC(=O)c1csc(-n2cc3ccccc3n2)n1. The molecule has 1 aliphatic heterocycles. The van der Waals surface area contributed by atoms with Crippen molar-refractivity contribution in [1.29, 1.82) is 0 Å². The van der Waals surface area contributed by atoms with Crippen LogP contribution < -0.4 is 16.0 Å². The molecule has 30 heavy (non-hydrogen) atoms. The number of para-hydroxylation sites is 2. The summed E-state index contributed by atoms with van der Waals surface area (Å²) in [6.07, 6.45) is 5.08. The van der Waals surface area contributed by atoms with Gasteiger partial charge in [-0.3, -0.25) is 4.79 Å². The van der Waals surface area contributed by atoms with Gasteiger partial charge in [-0.1, -0.05) is 30.3 Å². The third-order valence-corrected chi connectivity index (χ3v) is 6.18. The number of thiazole rings is 1. The molecule has 1 atom stereocenters. The molecule has 0 bridgehead atoms. The molecule has 3 N–H and O–H groups in total. The standard InChI is InChI=1S/C22H22N6OS/c23-20-11-5-6-12-27(20)19-10-4-3-9-17(19)24-21(29)18-14-30-22(25-18)28-13-15-7-1-2-8-16(15)26-28/h1-4,7-10,13-14,20H,5-6,11-12,23H2,(H,24,29)/t20-/m1/s1. The van der Waals surface area contributed by atoms with Crippen molar-refractivity contribution in [3.05, 3.63) is 65.8 Å². The average molecular weight is 419 g/mol. The van der Waals surface area contributed by atoms with E-state index < -0.39 is 0 Å². The summed E-state index contributed by atoms with van der Waals surface area (Å²) in [5.74, 6) is -0.243. The lowest BCUT2D eigenvalue weighted by Crippen LogP contribution is -2.45. The Balaban J connectivity index is 1.38. The van der Waals surface area contributed by atoms with Gasteiger partial charge in [0.2, 0.25) is 5.13 Å². The van der Waals surface area contributed by atoms with Crippen LogP contribution >= 0.6 is 11.3 Å². The molecule has 152 valence electrons. The van der Waals surface area contributed by atoms with Crippen LogP contribution in [0.15, 0.2) is 60.1 Å². The van der Waals surface area contributed by atoms with Gasteiger partial charge < -0.3 is 16.0 Å². The number of carbonyl (C=O) groups is 1. The smallest absolute Gasteiger partial charge is 0.275 e. The van der Waals surface area contributed by atoms with E-state index in [1.54, 1.807) is 10.1 Å². The lowest BCUT2D eigenvalue weighted by atomic mass is 10.1. The molecule has 2 aromatic carbocycles. The van der Waals surface area contributed by atoms with E-state index in [-0.39, 0.29) is 12.1 Å². The maximum Gasteiger partial charge on any atom is 0.275 e. The first-order chi connectivity index (χ1) is 14.7. The van der Waals surface area contributed by atoms with Crippen molar-refractivity contribution in [2.24, 2.45) is 5.73 Å². The van der Waals surface area contributed by atoms with Crippen molar-refractivity contribution in [2.75, 3.05) is 16.8 Å². The Morgan fingerprint density at radius 2 is 1.97 bits per heavy atom. The lowest BCUT2D eigenvalue weighted by Gasteiger charge is -2.36. The Labute approximate surface area is 178 Å².